The number of aromatic hydroxyl groups is 1. The lowest BCUT2D eigenvalue weighted by molar-refractivity contribution is 0.0995. The fraction of sp³-hybridized carbons (Fsp3) is 0.261. The molecule has 0 spiro atoms. The monoisotopic (exact) mass is 375 g/mol. The van der Waals surface area contributed by atoms with Crippen molar-refractivity contribution < 1.29 is 9.90 Å². The molecule has 1 N–H and O–H groups in total. The average Bonchev–Trinajstić information content (AvgIpc) is 2.95. The molecule has 3 rings (SSSR count). The number of para-hydroxylation sites is 1. The predicted octanol–water partition coefficient (Wildman–Crippen LogP) is 6.36. The van der Waals surface area contributed by atoms with Gasteiger partial charge in [-0.25, -0.2) is 0 Å². The number of hydrogen-bond donors (Lipinski definition) is 1. The third-order valence-electron chi connectivity index (χ3n) is 4.66. The molecule has 1 amide bonds. The van der Waals surface area contributed by atoms with Crippen LogP contribution in [-0.2, 0) is 6.54 Å². The molecule has 0 saturated carbocycles. The van der Waals surface area contributed by atoms with Crippen molar-refractivity contribution in [2.75, 3.05) is 0 Å². The quantitative estimate of drug-likeness (QED) is 0.416. The van der Waals surface area contributed by atoms with E-state index in [2.05, 4.69) is 24.1 Å². The SMILES string of the molecule is CC(C)=CCn1c(O)c(N=NC(=O)c2ccc(C(C)C)cc2)c2ccccc21. The summed E-state index contributed by atoms with van der Waals surface area (Å²) >= 11 is 0. The standard InChI is InChI=1S/C23H25N3O2/c1-15(2)13-14-26-20-8-6-5-7-19(20)21(23(26)28)24-25-22(27)18-11-9-17(10-12-18)16(3)4/h5-13,16,28H,14H2,1-4H3. The zero-order valence-electron chi connectivity index (χ0n) is 16.7. The summed E-state index contributed by atoms with van der Waals surface area (Å²) in [6.07, 6.45) is 2.02. The molecule has 2 aromatic carbocycles. The van der Waals surface area contributed by atoms with Gasteiger partial charge >= 0.3 is 0 Å². The van der Waals surface area contributed by atoms with Crippen molar-refractivity contribution in [3.8, 4) is 5.88 Å². The Morgan fingerprint density at radius 1 is 1.11 bits per heavy atom. The first-order chi connectivity index (χ1) is 13.4. The molecule has 0 unspecified atom stereocenters. The molecule has 0 saturated heterocycles. The fourth-order valence-corrected chi connectivity index (χ4v) is 2.99. The summed E-state index contributed by atoms with van der Waals surface area (Å²) < 4.78 is 1.76. The molecule has 0 aliphatic carbocycles. The molecular weight excluding hydrogens is 350 g/mol. The maximum Gasteiger partial charge on any atom is 0.295 e. The Kier molecular flexibility index (Phi) is 5.73. The molecule has 0 fully saturated rings. The smallest absolute Gasteiger partial charge is 0.295 e. The van der Waals surface area contributed by atoms with Crippen LogP contribution in [-0.4, -0.2) is 15.6 Å². The summed E-state index contributed by atoms with van der Waals surface area (Å²) in [5.74, 6) is -0.0316. The van der Waals surface area contributed by atoms with E-state index in [0.717, 1.165) is 22.0 Å². The second kappa shape index (κ2) is 8.21. The molecular formula is C23H25N3O2. The lowest BCUT2D eigenvalue weighted by Crippen LogP contribution is -1.95. The van der Waals surface area contributed by atoms with Gasteiger partial charge in [-0.15, -0.1) is 10.2 Å². The van der Waals surface area contributed by atoms with Gasteiger partial charge in [0.05, 0.1) is 5.52 Å². The molecule has 0 atom stereocenters. The zero-order valence-corrected chi connectivity index (χ0v) is 16.7. The van der Waals surface area contributed by atoms with Gasteiger partial charge in [0.1, 0.15) is 0 Å². The van der Waals surface area contributed by atoms with Gasteiger partial charge in [-0.3, -0.25) is 4.79 Å². The Balaban J connectivity index is 1.94. The van der Waals surface area contributed by atoms with Crippen LogP contribution in [0.15, 0.2) is 70.4 Å². The normalized spacial score (nSPS) is 11.5. The van der Waals surface area contributed by atoms with E-state index in [1.54, 1.807) is 16.7 Å². The summed E-state index contributed by atoms with van der Waals surface area (Å²) in [5.41, 5.74) is 3.94. The zero-order chi connectivity index (χ0) is 20.3. The summed E-state index contributed by atoms with van der Waals surface area (Å²) in [5, 5.41) is 19.4. The number of carbonyl (C=O) groups excluding carboxylic acids is 1. The van der Waals surface area contributed by atoms with Crippen LogP contribution in [0.4, 0.5) is 5.69 Å². The minimum Gasteiger partial charge on any atom is -0.493 e. The number of azo groups is 1. The van der Waals surface area contributed by atoms with Crippen molar-refractivity contribution >= 4 is 22.5 Å². The highest BCUT2D eigenvalue weighted by Crippen LogP contribution is 2.38. The maximum atomic E-state index is 12.4. The lowest BCUT2D eigenvalue weighted by Gasteiger charge is -2.04. The first-order valence-electron chi connectivity index (χ1n) is 9.38. The Morgan fingerprint density at radius 2 is 1.79 bits per heavy atom. The highest BCUT2D eigenvalue weighted by Gasteiger charge is 2.16. The Hall–Kier alpha value is -3.21. The Morgan fingerprint density at radius 3 is 2.43 bits per heavy atom. The minimum absolute atomic E-state index is 0.00501. The van der Waals surface area contributed by atoms with Crippen LogP contribution in [0.2, 0.25) is 0 Å². The van der Waals surface area contributed by atoms with Crippen LogP contribution in [0.25, 0.3) is 10.9 Å². The van der Waals surface area contributed by atoms with E-state index in [-0.39, 0.29) is 5.88 Å². The maximum absolute atomic E-state index is 12.4. The van der Waals surface area contributed by atoms with Crippen LogP contribution in [0.1, 0.15) is 49.5 Å². The Bertz CT molecular complexity index is 1050. The second-order valence-corrected chi connectivity index (χ2v) is 7.36. The van der Waals surface area contributed by atoms with E-state index >= 15 is 0 Å². The van der Waals surface area contributed by atoms with Crippen LogP contribution in [0.3, 0.4) is 0 Å². The van der Waals surface area contributed by atoms with Crippen molar-refractivity contribution in [2.45, 2.75) is 40.2 Å². The third kappa shape index (κ3) is 4.03. The van der Waals surface area contributed by atoms with Crippen molar-refractivity contribution in [2.24, 2.45) is 10.2 Å². The first kappa shape index (κ1) is 19.5. The summed E-state index contributed by atoms with van der Waals surface area (Å²) in [6, 6.07) is 14.9. The number of rotatable bonds is 5. The van der Waals surface area contributed by atoms with Gasteiger partial charge in [0, 0.05) is 17.5 Å². The number of allylic oxidation sites excluding steroid dienone is 2. The molecule has 0 bridgehead atoms. The molecule has 5 heteroatoms. The molecule has 28 heavy (non-hydrogen) atoms. The predicted molar refractivity (Wildman–Crippen MR) is 112 cm³/mol. The average molecular weight is 375 g/mol. The molecule has 1 aromatic heterocycles. The molecule has 144 valence electrons. The van der Waals surface area contributed by atoms with Gasteiger partial charge in [0.25, 0.3) is 5.91 Å². The number of nitrogens with zero attached hydrogens (tertiary/aromatic N) is 3. The van der Waals surface area contributed by atoms with Crippen LogP contribution in [0, 0.1) is 0 Å². The number of aromatic nitrogens is 1. The topological polar surface area (TPSA) is 66.9 Å². The fourth-order valence-electron chi connectivity index (χ4n) is 2.99. The van der Waals surface area contributed by atoms with E-state index in [1.165, 1.54) is 0 Å². The van der Waals surface area contributed by atoms with E-state index in [1.807, 2.05) is 56.3 Å². The molecule has 0 aliphatic rings. The third-order valence-corrected chi connectivity index (χ3v) is 4.66. The highest BCUT2D eigenvalue weighted by atomic mass is 16.3. The molecule has 0 radical (unpaired) electrons. The van der Waals surface area contributed by atoms with Gasteiger partial charge in [0.2, 0.25) is 5.88 Å². The molecule has 3 aromatic rings. The number of carbonyl (C=O) groups is 1. The highest BCUT2D eigenvalue weighted by molar-refractivity contribution is 5.97. The van der Waals surface area contributed by atoms with Crippen molar-refractivity contribution in [3.05, 3.63) is 71.3 Å². The number of benzene rings is 2. The largest absolute Gasteiger partial charge is 0.493 e. The van der Waals surface area contributed by atoms with Gasteiger partial charge in [0.15, 0.2) is 5.69 Å². The number of hydrogen-bond acceptors (Lipinski definition) is 3. The molecule has 0 aliphatic heterocycles. The van der Waals surface area contributed by atoms with Crippen LogP contribution >= 0.6 is 0 Å². The second-order valence-electron chi connectivity index (χ2n) is 7.36. The van der Waals surface area contributed by atoms with E-state index in [4.69, 9.17) is 0 Å². The van der Waals surface area contributed by atoms with Gasteiger partial charge in [-0.05, 0) is 43.5 Å². The van der Waals surface area contributed by atoms with Gasteiger partial charge < -0.3 is 9.67 Å². The van der Waals surface area contributed by atoms with Crippen molar-refractivity contribution in [1.29, 1.82) is 0 Å². The van der Waals surface area contributed by atoms with Crippen LogP contribution < -0.4 is 0 Å². The first-order valence-corrected chi connectivity index (χ1v) is 9.38. The molecule has 1 heterocycles. The Labute approximate surface area is 165 Å². The van der Waals surface area contributed by atoms with E-state index < -0.39 is 5.91 Å². The van der Waals surface area contributed by atoms with Crippen LogP contribution in [0.5, 0.6) is 5.88 Å². The number of amides is 1. The van der Waals surface area contributed by atoms with E-state index in [9.17, 15) is 9.90 Å². The number of fused-ring (bicyclic) bond motifs is 1. The lowest BCUT2D eigenvalue weighted by atomic mass is 10.0. The summed E-state index contributed by atoms with van der Waals surface area (Å²) in [6.45, 7) is 8.74. The van der Waals surface area contributed by atoms with Gasteiger partial charge in [-0.2, -0.15) is 0 Å². The molecule has 5 nitrogen and oxygen atoms in total. The van der Waals surface area contributed by atoms with E-state index in [0.29, 0.717) is 23.7 Å². The minimum atomic E-state index is -0.434. The van der Waals surface area contributed by atoms with Crippen molar-refractivity contribution in [1.82, 2.24) is 4.57 Å². The summed E-state index contributed by atoms with van der Waals surface area (Å²) in [7, 11) is 0. The van der Waals surface area contributed by atoms with Gasteiger partial charge in [-0.1, -0.05) is 55.8 Å². The van der Waals surface area contributed by atoms with Crippen molar-refractivity contribution in [3.63, 3.8) is 0 Å². The summed E-state index contributed by atoms with van der Waals surface area (Å²) in [4.78, 5) is 12.4.